The molecule has 2 aromatic rings. The quantitative estimate of drug-likeness (QED) is 0.170. The highest BCUT2D eigenvalue weighted by Crippen LogP contribution is 2.66. The molecular weight excluding hydrogens is 707 g/mol. The number of carbonyl (C=O) groups is 2. The molecule has 4 aliphatic carbocycles. The Labute approximate surface area is 335 Å². The van der Waals surface area contributed by atoms with Gasteiger partial charge in [0.1, 0.15) is 17.9 Å². The molecule has 1 spiro atoms. The van der Waals surface area contributed by atoms with Crippen LogP contribution in [0.15, 0.2) is 36.4 Å². The van der Waals surface area contributed by atoms with E-state index < -0.39 is 23.2 Å². The number of amides is 2. The highest BCUT2D eigenvalue weighted by molar-refractivity contribution is 5.97. The van der Waals surface area contributed by atoms with E-state index in [1.54, 1.807) is 19.1 Å². The van der Waals surface area contributed by atoms with Crippen LogP contribution < -0.4 is 20.3 Å². The van der Waals surface area contributed by atoms with Gasteiger partial charge in [0.25, 0.3) is 5.91 Å². The van der Waals surface area contributed by atoms with Crippen molar-refractivity contribution in [2.24, 2.45) is 34.5 Å². The number of methoxy groups -OCH3 is 1. The van der Waals surface area contributed by atoms with Gasteiger partial charge in [0.15, 0.2) is 0 Å². The highest BCUT2D eigenvalue weighted by atomic mass is 16.7. The van der Waals surface area contributed by atoms with Gasteiger partial charge >= 0.3 is 0 Å². The van der Waals surface area contributed by atoms with Crippen molar-refractivity contribution in [2.75, 3.05) is 52.3 Å². The molecule has 9 atom stereocenters. The number of likely N-dealkylation sites (N-methyl/N-ethyl adjacent to an activating group) is 1. The van der Waals surface area contributed by atoms with Gasteiger partial charge < -0.3 is 35.4 Å². The number of hydrogen-bond donors (Lipinski definition) is 4. The molecule has 1 saturated heterocycles. The number of carbonyl (C=O) groups excluding carboxylic acids is 2. The summed E-state index contributed by atoms with van der Waals surface area (Å²) in [4.78, 5) is 39.3. The largest absolute Gasteiger partial charge is 0.496 e. The minimum Gasteiger partial charge on any atom is -0.496 e. The third-order valence-electron chi connectivity index (χ3n) is 14.1. The number of aliphatic hydroxyl groups excluding tert-OH is 1. The van der Waals surface area contributed by atoms with Gasteiger partial charge in [0, 0.05) is 54.1 Å². The second kappa shape index (κ2) is 16.2. The summed E-state index contributed by atoms with van der Waals surface area (Å²) in [7, 11) is 5.69. The van der Waals surface area contributed by atoms with E-state index in [4.69, 9.17) is 9.57 Å². The number of ether oxygens (including phenoxy) is 1. The van der Waals surface area contributed by atoms with Crippen molar-refractivity contribution in [3.8, 4) is 16.9 Å². The van der Waals surface area contributed by atoms with Crippen LogP contribution in [0.4, 0.5) is 5.69 Å². The van der Waals surface area contributed by atoms with Crippen molar-refractivity contribution in [2.45, 2.75) is 117 Å². The minimum atomic E-state index is -1.17. The van der Waals surface area contributed by atoms with E-state index in [-0.39, 0.29) is 42.5 Å². The molecule has 1 aliphatic heterocycles. The number of rotatable bonds is 16. The van der Waals surface area contributed by atoms with Crippen LogP contribution in [0.25, 0.3) is 11.1 Å². The Kier molecular flexibility index (Phi) is 12.3. The van der Waals surface area contributed by atoms with Crippen LogP contribution in [-0.4, -0.2) is 109 Å². The summed E-state index contributed by atoms with van der Waals surface area (Å²) in [5, 5.41) is 30.5. The van der Waals surface area contributed by atoms with Crippen LogP contribution in [0.1, 0.15) is 97.0 Å². The van der Waals surface area contributed by atoms with Crippen LogP contribution in [0.5, 0.6) is 5.75 Å². The highest BCUT2D eigenvalue weighted by Gasteiger charge is 2.78. The smallest absolute Gasteiger partial charge is 0.251 e. The number of para-hydroxylation sites is 1. The maximum atomic E-state index is 14.5. The molecule has 2 aromatic carbocycles. The lowest BCUT2D eigenvalue weighted by molar-refractivity contribution is -0.183. The Morgan fingerprint density at radius 2 is 1.79 bits per heavy atom. The number of fused-ring (bicyclic) bond motifs is 2. The number of nitrogens with one attached hydrogen (secondary N) is 2. The van der Waals surface area contributed by atoms with Gasteiger partial charge in [-0.2, -0.15) is 5.06 Å². The molecule has 2 bridgehead atoms. The van der Waals surface area contributed by atoms with Crippen LogP contribution in [0.3, 0.4) is 0 Å². The summed E-state index contributed by atoms with van der Waals surface area (Å²) in [5.41, 5.74) is 2.12. The number of anilines is 1. The average molecular weight is 776 g/mol. The van der Waals surface area contributed by atoms with Gasteiger partial charge in [-0.05, 0) is 113 Å². The Hall–Kier alpha value is -3.22. The van der Waals surface area contributed by atoms with Crippen molar-refractivity contribution in [3.63, 3.8) is 0 Å². The fourth-order valence-corrected chi connectivity index (χ4v) is 10.9. The minimum absolute atomic E-state index is 0.00123. The molecule has 56 heavy (non-hydrogen) atoms. The molecular formula is C45H69N5O6. The third-order valence-corrected chi connectivity index (χ3v) is 14.1. The van der Waals surface area contributed by atoms with E-state index in [0.29, 0.717) is 41.4 Å². The lowest BCUT2D eigenvalue weighted by Crippen LogP contribution is -2.62. The first-order valence-electron chi connectivity index (χ1n) is 21.0. The van der Waals surface area contributed by atoms with Crippen molar-refractivity contribution in [3.05, 3.63) is 47.5 Å². The Bertz CT molecular complexity index is 1730. The molecule has 0 aromatic heterocycles. The zero-order valence-corrected chi connectivity index (χ0v) is 35.8. The molecule has 1 heterocycles. The second-order valence-electron chi connectivity index (χ2n) is 18.8. The molecule has 11 heteroatoms. The van der Waals surface area contributed by atoms with Gasteiger partial charge in [-0.25, -0.2) is 0 Å². The zero-order valence-electron chi connectivity index (χ0n) is 35.8. The van der Waals surface area contributed by atoms with E-state index >= 15 is 0 Å². The number of hydroxylamine groups is 2. The first-order chi connectivity index (χ1) is 26.4. The first-order valence-corrected chi connectivity index (χ1v) is 21.0. The summed E-state index contributed by atoms with van der Waals surface area (Å²) < 4.78 is 6.17. The van der Waals surface area contributed by atoms with Crippen LogP contribution in [0, 0.1) is 34.5 Å². The van der Waals surface area contributed by atoms with Crippen molar-refractivity contribution >= 4 is 17.5 Å². The topological polar surface area (TPSA) is 127 Å². The maximum Gasteiger partial charge on any atom is 0.251 e. The summed E-state index contributed by atoms with van der Waals surface area (Å²) in [6.07, 6.45) is 2.63. The Morgan fingerprint density at radius 1 is 1.09 bits per heavy atom. The number of aliphatic hydroxyl groups is 2. The van der Waals surface area contributed by atoms with Gasteiger partial charge in [-0.3, -0.25) is 14.4 Å². The molecule has 7 rings (SSSR count). The SMILES string of the molecule is CCN(CC)c1cc(C(=O)N[C@@H](CC(C)C)CN(C)C)cc(-c2cccc(CN3O[C@@H](CO)[C@]4(CC4(C)O)[C@H]3C(=O)N[C@H]3C[C@H]4C[C@@H]([C@@H]3C)C4(C)C)c2OC)c1. The van der Waals surface area contributed by atoms with E-state index in [1.165, 1.54) is 6.42 Å². The summed E-state index contributed by atoms with van der Waals surface area (Å²) in [6.45, 7) is 19.4. The number of nitrogens with zero attached hydrogens (tertiary/aromatic N) is 3. The maximum absolute atomic E-state index is 14.5. The van der Waals surface area contributed by atoms with Crippen molar-refractivity contribution < 1.29 is 29.4 Å². The second-order valence-corrected chi connectivity index (χ2v) is 18.8. The molecule has 1 unspecified atom stereocenters. The molecule has 11 nitrogen and oxygen atoms in total. The van der Waals surface area contributed by atoms with Crippen LogP contribution in [0.2, 0.25) is 0 Å². The average Bonchev–Trinajstić information content (AvgIpc) is 3.56. The van der Waals surface area contributed by atoms with E-state index in [9.17, 15) is 19.8 Å². The number of benzene rings is 2. The fourth-order valence-electron chi connectivity index (χ4n) is 10.9. The molecule has 5 aliphatic rings. The lowest BCUT2D eigenvalue weighted by atomic mass is 9.45. The normalized spacial score (nSPS) is 31.0. The predicted molar refractivity (Wildman–Crippen MR) is 221 cm³/mol. The summed E-state index contributed by atoms with van der Waals surface area (Å²) >= 11 is 0. The van der Waals surface area contributed by atoms with E-state index in [2.05, 4.69) is 75.0 Å². The van der Waals surface area contributed by atoms with Gasteiger partial charge in [-0.15, -0.1) is 0 Å². The molecule has 4 N–H and O–H groups in total. The predicted octanol–water partition coefficient (Wildman–Crippen LogP) is 5.72. The first kappa shape index (κ1) is 42.4. The Morgan fingerprint density at radius 3 is 2.34 bits per heavy atom. The van der Waals surface area contributed by atoms with E-state index in [0.717, 1.165) is 54.9 Å². The summed E-state index contributed by atoms with van der Waals surface area (Å²) in [5.74, 6) is 2.22. The monoisotopic (exact) mass is 776 g/mol. The molecule has 310 valence electrons. The standard InChI is InChI=1S/C45H69N5O6/c1-12-49(13-2)34-19-30(18-31(20-34)41(52)46-33(17-27(3)4)24-48(9)10)35-16-14-15-29(39(35)55-11)23-50-40(45(26-44(45,8)54)38(25-51)56-50)42(53)47-37-22-32-21-36(28(37)5)43(32,6)7/h14-16,18-20,27-28,32-33,36-38,40,51,54H,12-13,17,21-26H2,1-11H3,(H,46,52)(H,47,53)/t28-,32+,33-,36-,37-,38-,40+,44?,45+/m0/s1. The molecule has 2 amide bonds. The lowest BCUT2D eigenvalue weighted by Gasteiger charge is -2.62. The van der Waals surface area contributed by atoms with Crippen LogP contribution >= 0.6 is 0 Å². The van der Waals surface area contributed by atoms with Crippen molar-refractivity contribution in [1.82, 2.24) is 20.6 Å². The van der Waals surface area contributed by atoms with Gasteiger partial charge in [0.05, 0.1) is 31.3 Å². The van der Waals surface area contributed by atoms with Gasteiger partial charge in [-0.1, -0.05) is 52.8 Å². The zero-order chi connectivity index (χ0) is 40.9. The molecule has 4 saturated carbocycles. The third kappa shape index (κ3) is 7.71. The van der Waals surface area contributed by atoms with Crippen LogP contribution in [-0.2, 0) is 16.2 Å². The fraction of sp³-hybridized carbons (Fsp3) is 0.689. The number of hydrogen-bond acceptors (Lipinski definition) is 9. The van der Waals surface area contributed by atoms with Crippen molar-refractivity contribution in [1.29, 1.82) is 0 Å². The summed E-state index contributed by atoms with van der Waals surface area (Å²) in [6, 6.07) is 11.2. The van der Waals surface area contributed by atoms with Gasteiger partial charge in [0.2, 0.25) is 5.91 Å². The molecule has 0 radical (unpaired) electrons. The molecule has 5 fully saturated rings. The van der Waals surface area contributed by atoms with E-state index in [1.807, 2.05) is 44.4 Å². The Balaban J connectivity index is 1.33.